The van der Waals surface area contributed by atoms with Crippen LogP contribution >= 0.6 is 11.8 Å². The highest BCUT2D eigenvalue weighted by Crippen LogP contribution is 2.44. The van der Waals surface area contributed by atoms with Crippen LogP contribution in [-0.2, 0) is 0 Å². The average Bonchev–Trinajstić information content (AvgIpc) is 2.74. The molecule has 2 aliphatic heterocycles. The minimum absolute atomic E-state index is 0.384. The zero-order valence-corrected chi connectivity index (χ0v) is 11.1. The van der Waals surface area contributed by atoms with Crippen molar-refractivity contribution < 1.29 is 4.48 Å². The molecular formula is C14H14N3S+. The third-order valence-corrected chi connectivity index (χ3v) is 4.76. The van der Waals surface area contributed by atoms with Crippen molar-refractivity contribution in [1.82, 2.24) is 4.98 Å². The van der Waals surface area contributed by atoms with Crippen LogP contribution in [0.15, 0.2) is 42.0 Å². The van der Waals surface area contributed by atoms with E-state index in [1.54, 1.807) is 6.20 Å². The fraction of sp³-hybridized carbons (Fsp3) is 0.286. The van der Waals surface area contributed by atoms with Crippen LogP contribution in [0.2, 0.25) is 0 Å². The highest BCUT2D eigenvalue weighted by Gasteiger charge is 2.44. The summed E-state index contributed by atoms with van der Waals surface area (Å²) in [5.74, 6) is 1.94. The van der Waals surface area contributed by atoms with Gasteiger partial charge in [-0.1, -0.05) is 6.07 Å². The Morgan fingerprint density at radius 1 is 1.50 bits per heavy atom. The number of fused-ring (bicyclic) bond motifs is 1. The SMILES string of the molecule is CC1=C(c2cccnc2)C=C2CCSC[N+]21C#N. The van der Waals surface area contributed by atoms with Crippen molar-refractivity contribution in [3.05, 3.63) is 47.6 Å². The molecule has 0 aromatic carbocycles. The van der Waals surface area contributed by atoms with E-state index >= 15 is 0 Å². The first-order valence-electron chi connectivity index (χ1n) is 5.98. The first-order chi connectivity index (χ1) is 8.78. The predicted octanol–water partition coefficient (Wildman–Crippen LogP) is 3.10. The number of thioether (sulfide) groups is 1. The number of nitriles is 1. The predicted molar refractivity (Wildman–Crippen MR) is 72.7 cm³/mol. The Morgan fingerprint density at radius 2 is 2.39 bits per heavy atom. The van der Waals surface area contributed by atoms with E-state index < -0.39 is 0 Å². The van der Waals surface area contributed by atoms with Gasteiger partial charge in [0.2, 0.25) is 0 Å². The molecule has 0 spiro atoms. The first kappa shape index (κ1) is 11.5. The number of allylic oxidation sites excluding steroid dienone is 4. The zero-order valence-electron chi connectivity index (χ0n) is 10.3. The van der Waals surface area contributed by atoms with Crippen molar-refractivity contribution in [2.75, 3.05) is 11.6 Å². The standard InChI is InChI=1S/C14H14N3S/c1-11-14(12-3-2-5-16-8-12)7-13-4-6-18-10-17(11,13)9-15/h2-3,5,7-8H,4,6,10H2,1H3/q+1. The second kappa shape index (κ2) is 4.27. The number of pyridine rings is 1. The molecule has 3 nitrogen and oxygen atoms in total. The molecule has 1 aromatic heterocycles. The number of nitrogens with zero attached hydrogens (tertiary/aromatic N) is 3. The summed E-state index contributed by atoms with van der Waals surface area (Å²) in [6, 6.07) is 4.00. The summed E-state index contributed by atoms with van der Waals surface area (Å²) >= 11 is 1.85. The molecule has 0 amide bonds. The lowest BCUT2D eigenvalue weighted by atomic mass is 10.1. The monoisotopic (exact) mass is 256 g/mol. The summed E-state index contributed by atoms with van der Waals surface area (Å²) in [6.07, 6.45) is 9.34. The quantitative estimate of drug-likeness (QED) is 0.572. The molecule has 1 saturated heterocycles. The molecule has 0 saturated carbocycles. The van der Waals surface area contributed by atoms with E-state index in [1.807, 2.05) is 24.0 Å². The molecule has 1 fully saturated rings. The van der Waals surface area contributed by atoms with Gasteiger partial charge in [-0.2, -0.15) is 4.48 Å². The summed E-state index contributed by atoms with van der Waals surface area (Å²) in [6.45, 7) is 2.07. The van der Waals surface area contributed by atoms with Crippen LogP contribution in [-0.4, -0.2) is 21.1 Å². The summed E-state index contributed by atoms with van der Waals surface area (Å²) in [4.78, 5) is 4.17. The maximum atomic E-state index is 9.61. The van der Waals surface area contributed by atoms with Crippen LogP contribution < -0.4 is 0 Å². The van der Waals surface area contributed by atoms with Gasteiger partial charge in [0.1, 0.15) is 17.3 Å². The van der Waals surface area contributed by atoms with Crippen LogP contribution in [0, 0.1) is 11.5 Å². The Hall–Kier alpha value is -1.57. The van der Waals surface area contributed by atoms with Gasteiger partial charge in [0, 0.05) is 48.7 Å². The Balaban J connectivity index is 2.14. The van der Waals surface area contributed by atoms with Crippen LogP contribution in [0.25, 0.3) is 5.57 Å². The molecular weight excluding hydrogens is 242 g/mol. The molecule has 0 N–H and O–H groups in total. The fourth-order valence-electron chi connectivity index (χ4n) is 2.61. The molecule has 3 heterocycles. The molecule has 0 aliphatic carbocycles. The molecule has 1 unspecified atom stereocenters. The lowest BCUT2D eigenvalue weighted by molar-refractivity contribution is -0.772. The van der Waals surface area contributed by atoms with Crippen molar-refractivity contribution in [3.8, 4) is 6.19 Å². The Bertz CT molecular complexity index is 583. The van der Waals surface area contributed by atoms with E-state index in [0.29, 0.717) is 4.48 Å². The van der Waals surface area contributed by atoms with Crippen LogP contribution in [0.5, 0.6) is 0 Å². The number of hydrogen-bond donors (Lipinski definition) is 0. The zero-order chi connectivity index (χ0) is 12.6. The lowest BCUT2D eigenvalue weighted by Crippen LogP contribution is -2.40. The fourth-order valence-corrected chi connectivity index (χ4v) is 3.78. The third kappa shape index (κ3) is 1.52. The first-order valence-corrected chi connectivity index (χ1v) is 7.13. The van der Waals surface area contributed by atoms with Crippen molar-refractivity contribution in [2.24, 2.45) is 0 Å². The number of rotatable bonds is 1. The van der Waals surface area contributed by atoms with Gasteiger partial charge in [0.05, 0.1) is 0 Å². The van der Waals surface area contributed by atoms with Crippen LogP contribution in [0.1, 0.15) is 18.9 Å². The smallest absolute Gasteiger partial charge is 0.264 e. The minimum atomic E-state index is 0.384. The molecule has 0 bridgehead atoms. The lowest BCUT2D eigenvalue weighted by Gasteiger charge is -2.31. The number of quaternary nitrogens is 1. The Labute approximate surface area is 111 Å². The summed E-state index contributed by atoms with van der Waals surface area (Å²) in [5, 5.41) is 9.61. The third-order valence-electron chi connectivity index (χ3n) is 3.69. The van der Waals surface area contributed by atoms with Gasteiger partial charge in [0.25, 0.3) is 0 Å². The normalized spacial score (nSPS) is 26.6. The highest BCUT2D eigenvalue weighted by atomic mass is 32.2. The van der Waals surface area contributed by atoms with E-state index in [9.17, 15) is 5.26 Å². The van der Waals surface area contributed by atoms with E-state index in [4.69, 9.17) is 0 Å². The Morgan fingerprint density at radius 3 is 3.06 bits per heavy atom. The van der Waals surface area contributed by atoms with E-state index in [-0.39, 0.29) is 0 Å². The van der Waals surface area contributed by atoms with Gasteiger partial charge >= 0.3 is 6.19 Å². The van der Waals surface area contributed by atoms with Gasteiger partial charge < -0.3 is 0 Å². The van der Waals surface area contributed by atoms with Gasteiger partial charge in [-0.3, -0.25) is 4.98 Å². The summed E-state index contributed by atoms with van der Waals surface area (Å²) in [5.41, 5.74) is 4.64. The summed E-state index contributed by atoms with van der Waals surface area (Å²) in [7, 11) is 0. The molecule has 2 aliphatic rings. The maximum absolute atomic E-state index is 9.61. The minimum Gasteiger partial charge on any atom is -0.264 e. The van der Waals surface area contributed by atoms with Crippen LogP contribution in [0.3, 0.4) is 0 Å². The van der Waals surface area contributed by atoms with E-state index in [1.165, 1.54) is 11.3 Å². The molecule has 4 heteroatoms. The van der Waals surface area contributed by atoms with Crippen molar-refractivity contribution in [1.29, 1.82) is 5.26 Å². The maximum Gasteiger partial charge on any atom is 0.319 e. The highest BCUT2D eigenvalue weighted by molar-refractivity contribution is 7.99. The van der Waals surface area contributed by atoms with Crippen molar-refractivity contribution >= 4 is 17.3 Å². The largest absolute Gasteiger partial charge is 0.319 e. The second-order valence-corrected chi connectivity index (χ2v) is 5.65. The average molecular weight is 256 g/mol. The van der Waals surface area contributed by atoms with Gasteiger partial charge in [-0.25, -0.2) is 0 Å². The van der Waals surface area contributed by atoms with Crippen LogP contribution in [0.4, 0.5) is 0 Å². The molecule has 3 rings (SSSR count). The van der Waals surface area contributed by atoms with Crippen molar-refractivity contribution in [3.63, 3.8) is 0 Å². The molecule has 90 valence electrons. The van der Waals surface area contributed by atoms with Gasteiger partial charge in [-0.15, -0.1) is 17.0 Å². The molecule has 1 atom stereocenters. The number of hydrogen-bond acceptors (Lipinski definition) is 3. The Kier molecular flexibility index (Phi) is 2.73. The topological polar surface area (TPSA) is 36.7 Å². The van der Waals surface area contributed by atoms with Crippen molar-refractivity contribution in [2.45, 2.75) is 13.3 Å². The second-order valence-electron chi connectivity index (χ2n) is 4.57. The molecule has 18 heavy (non-hydrogen) atoms. The molecule has 0 radical (unpaired) electrons. The van der Waals surface area contributed by atoms with Gasteiger partial charge in [-0.05, 0) is 6.07 Å². The molecule has 1 aromatic rings. The summed E-state index contributed by atoms with van der Waals surface area (Å²) < 4.78 is 0.384. The van der Waals surface area contributed by atoms with E-state index in [2.05, 4.69) is 30.2 Å². The number of aromatic nitrogens is 1. The van der Waals surface area contributed by atoms with E-state index in [0.717, 1.165) is 29.3 Å². The van der Waals surface area contributed by atoms with Gasteiger partial charge in [0.15, 0.2) is 0 Å².